The summed E-state index contributed by atoms with van der Waals surface area (Å²) in [6.45, 7) is -0.929. The fourth-order valence-corrected chi connectivity index (χ4v) is 6.00. The quantitative estimate of drug-likeness (QED) is 0.248. The molecule has 11 nitrogen and oxygen atoms in total. The number of nitrogens with one attached hydrogen (secondary N) is 1. The maximum Gasteiger partial charge on any atom is 0.336 e. The van der Waals surface area contributed by atoms with Gasteiger partial charge >= 0.3 is 11.9 Å². The lowest BCUT2D eigenvalue weighted by Gasteiger charge is -2.31. The molecule has 5 rings (SSSR count). The van der Waals surface area contributed by atoms with Crippen molar-refractivity contribution in [1.82, 2.24) is 10.2 Å². The molecule has 2 amide bonds. The van der Waals surface area contributed by atoms with Gasteiger partial charge in [-0.3, -0.25) is 14.5 Å². The summed E-state index contributed by atoms with van der Waals surface area (Å²) in [5.41, 5.74) is 0.573. The van der Waals surface area contributed by atoms with E-state index in [4.69, 9.17) is 18.9 Å². The smallest absolute Gasteiger partial charge is 0.336 e. The molecule has 1 fully saturated rings. The highest BCUT2D eigenvalue weighted by atomic mass is 32.1. The van der Waals surface area contributed by atoms with Gasteiger partial charge in [0.05, 0.1) is 79.7 Å². The number of benzene rings is 1. The van der Waals surface area contributed by atoms with Crippen LogP contribution in [0, 0.1) is 0 Å². The molecule has 3 aliphatic rings. The number of methoxy groups -OCH3 is 1. The monoisotopic (exact) mass is 572 g/mol. The number of halogens is 1. The zero-order chi connectivity index (χ0) is 28.4. The molecule has 1 aromatic carbocycles. The van der Waals surface area contributed by atoms with Crippen molar-refractivity contribution in [2.24, 2.45) is 0 Å². The molecule has 1 atom stereocenters. The molecule has 0 spiro atoms. The average molecular weight is 573 g/mol. The molecular formula is C27H25FN2O9S. The number of amides is 2. The Labute approximate surface area is 231 Å². The van der Waals surface area contributed by atoms with Crippen molar-refractivity contribution in [3.8, 4) is 0 Å². The van der Waals surface area contributed by atoms with Crippen LogP contribution in [0.3, 0.4) is 0 Å². The van der Waals surface area contributed by atoms with E-state index in [9.17, 15) is 28.7 Å². The molecule has 0 radical (unpaired) electrons. The van der Waals surface area contributed by atoms with Gasteiger partial charge in [-0.25, -0.2) is 14.0 Å². The van der Waals surface area contributed by atoms with Gasteiger partial charge in [0, 0.05) is 10.4 Å². The van der Waals surface area contributed by atoms with Crippen molar-refractivity contribution < 1.29 is 47.6 Å². The molecular weight excluding hydrogens is 547 g/mol. The Morgan fingerprint density at radius 2 is 1.77 bits per heavy atom. The number of carbonyl (C=O) groups excluding carboxylic acids is 3. The van der Waals surface area contributed by atoms with Crippen molar-refractivity contribution in [3.63, 3.8) is 0 Å². The number of carbonyl (C=O) groups is 4. The largest absolute Gasteiger partial charge is 0.478 e. The number of rotatable bonds is 10. The van der Waals surface area contributed by atoms with E-state index >= 15 is 0 Å². The minimum Gasteiger partial charge on any atom is -0.478 e. The molecule has 0 saturated carbocycles. The second-order valence-corrected chi connectivity index (χ2v) is 9.89. The predicted octanol–water partition coefficient (Wildman–Crippen LogP) is 2.53. The van der Waals surface area contributed by atoms with E-state index in [1.165, 1.54) is 11.3 Å². The van der Waals surface area contributed by atoms with E-state index in [-0.39, 0.29) is 42.3 Å². The van der Waals surface area contributed by atoms with Crippen LogP contribution in [0.5, 0.6) is 0 Å². The van der Waals surface area contributed by atoms with Crippen molar-refractivity contribution in [2.45, 2.75) is 12.2 Å². The van der Waals surface area contributed by atoms with E-state index in [0.717, 1.165) is 12.0 Å². The van der Waals surface area contributed by atoms with Gasteiger partial charge in [0.25, 0.3) is 11.8 Å². The number of dihydropyridines is 1. The number of carboxylic acids is 1. The van der Waals surface area contributed by atoms with Crippen LogP contribution in [0.4, 0.5) is 4.39 Å². The third-order valence-electron chi connectivity index (χ3n) is 6.75. The summed E-state index contributed by atoms with van der Waals surface area (Å²) < 4.78 is 36.1. The normalized spacial score (nSPS) is 19.4. The molecule has 3 aliphatic heterocycles. The molecule has 13 heteroatoms. The zero-order valence-corrected chi connectivity index (χ0v) is 22.1. The minimum absolute atomic E-state index is 0.0211. The number of imide groups is 1. The fourth-order valence-electron chi connectivity index (χ4n) is 4.97. The lowest BCUT2D eigenvalue weighted by atomic mass is 9.82. The summed E-state index contributed by atoms with van der Waals surface area (Å²) in [7, 11) is 1.13. The topological polar surface area (TPSA) is 141 Å². The van der Waals surface area contributed by atoms with Gasteiger partial charge in [-0.1, -0.05) is 12.1 Å². The van der Waals surface area contributed by atoms with Crippen LogP contribution in [-0.4, -0.2) is 80.5 Å². The summed E-state index contributed by atoms with van der Waals surface area (Å²) in [6, 6.07) is 8.17. The van der Waals surface area contributed by atoms with Crippen molar-refractivity contribution in [1.29, 1.82) is 0 Å². The molecule has 1 aromatic heterocycles. The van der Waals surface area contributed by atoms with Gasteiger partial charge in [-0.05, 0) is 23.6 Å². The Bertz CT molecular complexity index is 1390. The first-order valence-corrected chi connectivity index (χ1v) is 13.2. The number of hydrogen-bond donors (Lipinski definition) is 2. The van der Waals surface area contributed by atoms with Crippen LogP contribution in [0.2, 0.25) is 0 Å². The molecule has 0 bridgehead atoms. The lowest BCUT2D eigenvalue weighted by molar-refractivity contribution is -0.136. The van der Waals surface area contributed by atoms with Crippen LogP contribution in [0.15, 0.2) is 58.3 Å². The van der Waals surface area contributed by atoms with Gasteiger partial charge in [0.1, 0.15) is 6.67 Å². The van der Waals surface area contributed by atoms with Gasteiger partial charge in [0.2, 0.25) is 0 Å². The highest BCUT2D eigenvalue weighted by Crippen LogP contribution is 2.45. The third kappa shape index (κ3) is 4.92. The number of carboxylic acid groups (broad SMARTS) is 1. The van der Waals surface area contributed by atoms with E-state index in [0.29, 0.717) is 34.8 Å². The number of ether oxygens (including phenoxy) is 4. The average Bonchev–Trinajstić information content (AvgIpc) is 3.71. The van der Waals surface area contributed by atoms with Crippen molar-refractivity contribution in [3.05, 3.63) is 79.8 Å². The number of thiophene rings is 1. The molecule has 4 heterocycles. The number of hydrogen-bond acceptors (Lipinski definition) is 10. The first-order valence-electron chi connectivity index (χ1n) is 12.3. The number of alkyl halides is 1. The minimum atomic E-state index is -1.36. The number of nitrogens with zero attached hydrogens (tertiary/aromatic N) is 1. The molecule has 0 aliphatic carbocycles. The van der Waals surface area contributed by atoms with Crippen LogP contribution in [-0.2, 0) is 28.5 Å². The first kappa shape index (κ1) is 27.6. The number of esters is 1. The number of aliphatic carboxylic acids is 1. The summed E-state index contributed by atoms with van der Waals surface area (Å²) >= 11 is 1.18. The molecule has 2 aromatic rings. The zero-order valence-electron chi connectivity index (χ0n) is 21.3. The van der Waals surface area contributed by atoms with Crippen LogP contribution in [0.25, 0.3) is 0 Å². The Balaban J connectivity index is 1.42. The van der Waals surface area contributed by atoms with Crippen LogP contribution >= 0.6 is 11.3 Å². The second-order valence-electron chi connectivity index (χ2n) is 8.95. The van der Waals surface area contributed by atoms with E-state index in [1.807, 2.05) is 0 Å². The number of fused-ring (bicyclic) bond motifs is 1. The van der Waals surface area contributed by atoms with E-state index in [1.54, 1.807) is 35.7 Å². The molecule has 1 unspecified atom stereocenters. The Kier molecular flexibility index (Phi) is 8.07. The molecule has 2 N–H and O–H groups in total. The summed E-state index contributed by atoms with van der Waals surface area (Å²) in [6.07, 6.45) is -0.765. The Morgan fingerprint density at radius 3 is 2.38 bits per heavy atom. The predicted molar refractivity (Wildman–Crippen MR) is 137 cm³/mol. The number of allylic oxidation sites excluding steroid dienone is 1. The van der Waals surface area contributed by atoms with E-state index < -0.39 is 42.6 Å². The first-order chi connectivity index (χ1) is 19.4. The fraction of sp³-hybridized carbons (Fsp3) is 0.333. The van der Waals surface area contributed by atoms with E-state index in [2.05, 4.69) is 5.32 Å². The van der Waals surface area contributed by atoms with Gasteiger partial charge in [-0.15, -0.1) is 11.3 Å². The SMILES string of the molecule is COC(=O)C1=C(CF)NC(COCCN2C(=O)c3ccccc3C2=O)=C(C(=O)O)C1c1sccc1C1OCCO1. The van der Waals surface area contributed by atoms with Crippen LogP contribution in [0.1, 0.15) is 43.4 Å². The van der Waals surface area contributed by atoms with Gasteiger partial charge < -0.3 is 29.4 Å². The van der Waals surface area contributed by atoms with Gasteiger partial charge in [0.15, 0.2) is 6.29 Å². The summed E-state index contributed by atoms with van der Waals surface area (Å²) in [5.74, 6) is -4.34. The standard InChI is InChI=1S/C27H25FN2O9S/c1-36-26(35)20-17(12-28)29-18(13-37-8-7-30-23(31)14-4-2-3-5-15(14)24(30)32)19(25(33)34)21(20)22-16(6-11-40-22)27-38-9-10-39-27/h2-6,11,21,27,29H,7-10,12-13H2,1H3,(H,33,34). The van der Waals surface area contributed by atoms with Crippen molar-refractivity contribution >= 4 is 35.1 Å². The maximum absolute atomic E-state index is 14.3. The summed E-state index contributed by atoms with van der Waals surface area (Å²) in [4.78, 5) is 52.2. The molecule has 40 heavy (non-hydrogen) atoms. The van der Waals surface area contributed by atoms with Crippen molar-refractivity contribution in [2.75, 3.05) is 46.8 Å². The maximum atomic E-state index is 14.3. The highest BCUT2D eigenvalue weighted by molar-refractivity contribution is 7.10. The lowest BCUT2D eigenvalue weighted by Crippen LogP contribution is -2.36. The Hall–Kier alpha value is -3.91. The second kappa shape index (κ2) is 11.7. The summed E-state index contributed by atoms with van der Waals surface area (Å²) in [5, 5.41) is 14.7. The molecule has 210 valence electrons. The van der Waals surface area contributed by atoms with Crippen LogP contribution < -0.4 is 5.32 Å². The Morgan fingerprint density at radius 1 is 1.10 bits per heavy atom. The van der Waals surface area contributed by atoms with Gasteiger partial charge in [-0.2, -0.15) is 0 Å². The third-order valence-corrected chi connectivity index (χ3v) is 7.75. The highest BCUT2D eigenvalue weighted by Gasteiger charge is 2.42. The molecule has 1 saturated heterocycles.